The first kappa shape index (κ1) is 12.2. The van der Waals surface area contributed by atoms with Gasteiger partial charge in [0.15, 0.2) is 0 Å². The third-order valence-electron chi connectivity index (χ3n) is 6.42. The van der Waals surface area contributed by atoms with Crippen LogP contribution in [0.1, 0.15) is 44.9 Å². The van der Waals surface area contributed by atoms with E-state index in [-0.39, 0.29) is 0 Å². The zero-order valence-corrected chi connectivity index (χ0v) is 11.8. The number of nitrogens with zero attached hydrogens (tertiary/aromatic N) is 1. The molecular weight excluding hydrogens is 236 g/mol. The average Bonchev–Trinajstić information content (AvgIpc) is 2.82. The van der Waals surface area contributed by atoms with Crippen LogP contribution in [0.5, 0.6) is 0 Å². The number of rotatable bonds is 4. The molecule has 3 nitrogen and oxygen atoms in total. The summed E-state index contributed by atoms with van der Waals surface area (Å²) in [6.45, 7) is 1.77. The molecule has 1 aliphatic heterocycles. The summed E-state index contributed by atoms with van der Waals surface area (Å²) in [4.78, 5) is 15.0. The number of likely N-dealkylation sites (tertiary alicyclic amines) is 1. The summed E-state index contributed by atoms with van der Waals surface area (Å²) in [6, 6.07) is 0.509. The second-order valence-electron chi connectivity index (χ2n) is 7.27. The molecule has 3 heteroatoms. The van der Waals surface area contributed by atoms with Crippen molar-refractivity contribution in [1.29, 1.82) is 0 Å². The molecule has 0 aromatic rings. The van der Waals surface area contributed by atoms with Gasteiger partial charge < -0.3 is 10.6 Å². The third kappa shape index (κ3) is 1.77. The number of amides is 1. The van der Waals surface area contributed by atoms with E-state index in [1.54, 1.807) is 0 Å². The SMILES string of the molecule is NCCCC1CCCN1C(=O)C1C2C3CCC(C3)C12. The van der Waals surface area contributed by atoms with Crippen molar-refractivity contribution in [1.82, 2.24) is 4.90 Å². The van der Waals surface area contributed by atoms with Gasteiger partial charge in [0.25, 0.3) is 0 Å². The lowest BCUT2D eigenvalue weighted by Gasteiger charge is -2.26. The first-order valence-corrected chi connectivity index (χ1v) is 8.32. The van der Waals surface area contributed by atoms with Gasteiger partial charge in [-0.1, -0.05) is 0 Å². The van der Waals surface area contributed by atoms with Crippen LogP contribution < -0.4 is 5.73 Å². The van der Waals surface area contributed by atoms with Crippen molar-refractivity contribution >= 4 is 5.91 Å². The smallest absolute Gasteiger partial charge is 0.226 e. The van der Waals surface area contributed by atoms with Crippen LogP contribution in [-0.4, -0.2) is 29.9 Å². The van der Waals surface area contributed by atoms with Crippen LogP contribution in [0.15, 0.2) is 0 Å². The van der Waals surface area contributed by atoms with Gasteiger partial charge in [-0.15, -0.1) is 0 Å². The van der Waals surface area contributed by atoms with E-state index in [1.165, 1.54) is 32.1 Å². The molecule has 4 fully saturated rings. The van der Waals surface area contributed by atoms with E-state index in [2.05, 4.69) is 4.90 Å². The lowest BCUT2D eigenvalue weighted by atomic mass is 10.0. The molecule has 0 radical (unpaired) electrons. The Bertz CT molecular complexity index is 367. The molecule has 0 aromatic carbocycles. The maximum Gasteiger partial charge on any atom is 0.226 e. The number of hydrogen-bond acceptors (Lipinski definition) is 2. The van der Waals surface area contributed by atoms with Crippen LogP contribution >= 0.6 is 0 Å². The lowest BCUT2D eigenvalue weighted by Crippen LogP contribution is -2.38. The molecule has 2 N–H and O–H groups in total. The molecule has 3 saturated carbocycles. The highest BCUT2D eigenvalue weighted by Gasteiger charge is 2.68. The molecule has 5 atom stereocenters. The zero-order chi connectivity index (χ0) is 13.0. The van der Waals surface area contributed by atoms with Crippen molar-refractivity contribution in [3.05, 3.63) is 0 Å². The Morgan fingerprint density at radius 3 is 2.58 bits per heavy atom. The summed E-state index contributed by atoms with van der Waals surface area (Å²) in [5, 5.41) is 0. The fourth-order valence-corrected chi connectivity index (χ4v) is 5.63. The quantitative estimate of drug-likeness (QED) is 0.842. The molecule has 2 bridgehead atoms. The zero-order valence-electron chi connectivity index (χ0n) is 11.8. The van der Waals surface area contributed by atoms with Crippen LogP contribution in [0.2, 0.25) is 0 Å². The molecule has 4 aliphatic rings. The van der Waals surface area contributed by atoms with Gasteiger partial charge in [0, 0.05) is 18.5 Å². The predicted octanol–water partition coefficient (Wildman–Crippen LogP) is 2.01. The Morgan fingerprint density at radius 1 is 1.16 bits per heavy atom. The molecule has 19 heavy (non-hydrogen) atoms. The van der Waals surface area contributed by atoms with Crippen LogP contribution in [0.4, 0.5) is 0 Å². The third-order valence-corrected chi connectivity index (χ3v) is 6.42. The number of hydrogen-bond donors (Lipinski definition) is 1. The molecule has 0 spiro atoms. The highest BCUT2D eigenvalue weighted by molar-refractivity contribution is 5.83. The van der Waals surface area contributed by atoms with Crippen molar-refractivity contribution < 1.29 is 4.79 Å². The van der Waals surface area contributed by atoms with Crippen molar-refractivity contribution in [3.63, 3.8) is 0 Å². The summed E-state index contributed by atoms with van der Waals surface area (Å²) in [5.41, 5.74) is 5.62. The van der Waals surface area contributed by atoms with Gasteiger partial charge in [0.2, 0.25) is 5.91 Å². The molecule has 4 rings (SSSR count). The fraction of sp³-hybridized carbons (Fsp3) is 0.938. The maximum absolute atomic E-state index is 12.8. The van der Waals surface area contributed by atoms with Crippen molar-refractivity contribution in [2.45, 2.75) is 51.0 Å². The monoisotopic (exact) mass is 262 g/mol. The van der Waals surface area contributed by atoms with Gasteiger partial charge >= 0.3 is 0 Å². The van der Waals surface area contributed by atoms with E-state index in [9.17, 15) is 4.79 Å². The summed E-state index contributed by atoms with van der Waals surface area (Å²) in [7, 11) is 0. The summed E-state index contributed by atoms with van der Waals surface area (Å²) in [5.74, 6) is 4.36. The van der Waals surface area contributed by atoms with Crippen molar-refractivity contribution in [3.8, 4) is 0 Å². The van der Waals surface area contributed by atoms with E-state index >= 15 is 0 Å². The van der Waals surface area contributed by atoms with Gasteiger partial charge in [-0.3, -0.25) is 4.79 Å². The van der Waals surface area contributed by atoms with E-state index in [0.717, 1.165) is 49.6 Å². The van der Waals surface area contributed by atoms with Crippen molar-refractivity contribution in [2.75, 3.05) is 13.1 Å². The number of nitrogens with two attached hydrogens (primary N) is 1. The van der Waals surface area contributed by atoms with Gasteiger partial charge in [-0.2, -0.15) is 0 Å². The molecule has 1 amide bonds. The minimum absolute atomic E-state index is 0.435. The Kier molecular flexibility index (Phi) is 2.87. The van der Waals surface area contributed by atoms with Gasteiger partial charge in [-0.25, -0.2) is 0 Å². The van der Waals surface area contributed by atoms with Gasteiger partial charge in [0.05, 0.1) is 0 Å². The molecular formula is C16H26N2O. The van der Waals surface area contributed by atoms with Crippen LogP contribution in [-0.2, 0) is 4.79 Å². The second-order valence-corrected chi connectivity index (χ2v) is 7.27. The van der Waals surface area contributed by atoms with Crippen LogP contribution in [0.25, 0.3) is 0 Å². The number of carbonyl (C=O) groups is 1. The van der Waals surface area contributed by atoms with Crippen LogP contribution in [0.3, 0.4) is 0 Å². The second kappa shape index (κ2) is 4.47. The largest absolute Gasteiger partial charge is 0.339 e. The van der Waals surface area contributed by atoms with Crippen LogP contribution in [0, 0.1) is 29.6 Å². The summed E-state index contributed by atoms with van der Waals surface area (Å²) >= 11 is 0. The Labute approximate surface area is 115 Å². The van der Waals surface area contributed by atoms with E-state index in [4.69, 9.17) is 5.73 Å². The Morgan fingerprint density at radius 2 is 1.89 bits per heavy atom. The Hall–Kier alpha value is -0.570. The first-order chi connectivity index (χ1) is 9.31. The predicted molar refractivity (Wildman–Crippen MR) is 74.3 cm³/mol. The van der Waals surface area contributed by atoms with E-state index < -0.39 is 0 Å². The topological polar surface area (TPSA) is 46.3 Å². The summed E-state index contributed by atoms with van der Waals surface area (Å²) < 4.78 is 0. The normalized spacial score (nSPS) is 46.7. The summed E-state index contributed by atoms with van der Waals surface area (Å²) in [6.07, 6.45) is 8.86. The molecule has 3 aliphatic carbocycles. The minimum Gasteiger partial charge on any atom is -0.339 e. The van der Waals surface area contributed by atoms with Gasteiger partial charge in [0.1, 0.15) is 0 Å². The van der Waals surface area contributed by atoms with E-state index in [1.807, 2.05) is 0 Å². The first-order valence-electron chi connectivity index (χ1n) is 8.32. The molecule has 106 valence electrons. The molecule has 0 aromatic heterocycles. The maximum atomic E-state index is 12.8. The highest BCUT2D eigenvalue weighted by Crippen LogP contribution is 2.69. The molecule has 5 unspecified atom stereocenters. The Balaban J connectivity index is 1.41. The highest BCUT2D eigenvalue weighted by atomic mass is 16.2. The fourth-order valence-electron chi connectivity index (χ4n) is 5.63. The molecule has 1 saturated heterocycles. The number of fused-ring (bicyclic) bond motifs is 5. The van der Waals surface area contributed by atoms with Crippen molar-refractivity contribution in [2.24, 2.45) is 35.3 Å². The number of carbonyl (C=O) groups excluding carboxylic acids is 1. The standard InChI is InChI=1S/C16H26N2O/c17-7-1-3-12-4-2-8-18(12)16(19)15-13-10-5-6-11(9-10)14(13)15/h10-15H,1-9,17H2. The van der Waals surface area contributed by atoms with E-state index in [0.29, 0.717) is 17.9 Å². The average molecular weight is 262 g/mol. The van der Waals surface area contributed by atoms with Gasteiger partial charge in [-0.05, 0) is 75.2 Å². The minimum atomic E-state index is 0.435. The molecule has 1 heterocycles. The lowest BCUT2D eigenvalue weighted by molar-refractivity contribution is -0.134.